The highest BCUT2D eigenvalue weighted by Crippen LogP contribution is 2.33. The van der Waals surface area contributed by atoms with Crippen LogP contribution in [0.25, 0.3) is 11.0 Å². The maximum Gasteiger partial charge on any atom is 0.218 e. The number of anilines is 4. The summed E-state index contributed by atoms with van der Waals surface area (Å²) >= 11 is 0. The number of H-pyrrole nitrogens is 1. The normalized spacial score (nSPS) is 11.4. The van der Waals surface area contributed by atoms with Gasteiger partial charge in [0.25, 0.3) is 0 Å². The summed E-state index contributed by atoms with van der Waals surface area (Å²) in [5.41, 5.74) is 5.02. The minimum absolute atomic E-state index is 0.0469. The van der Waals surface area contributed by atoms with Gasteiger partial charge in [-0.15, -0.1) is 0 Å². The van der Waals surface area contributed by atoms with Gasteiger partial charge in [0, 0.05) is 17.6 Å². The van der Waals surface area contributed by atoms with Crippen LogP contribution in [0, 0.1) is 0 Å². The number of aromatic nitrogens is 4. The first-order chi connectivity index (χ1) is 14.0. The number of carbonyl (C=O) groups is 1. The fourth-order valence-electron chi connectivity index (χ4n) is 3.12. The number of benzene rings is 2. The number of pyridine rings is 1. The largest absolute Gasteiger partial charge is 0.338 e. The van der Waals surface area contributed by atoms with Gasteiger partial charge in [0.05, 0.1) is 5.69 Å². The molecule has 2 N–H and O–H groups in total. The van der Waals surface area contributed by atoms with Gasteiger partial charge < -0.3 is 5.32 Å². The Morgan fingerprint density at radius 1 is 1.00 bits per heavy atom. The maximum atomic E-state index is 12.0. The minimum Gasteiger partial charge on any atom is -0.338 e. The standard InChI is InChI=1S/C22H22N6O/c1-22(2,3)15-6-9-17(10-7-15)28(14-29)20-5-4-12-23-21(20)24-16-8-11-18-19(13-16)26-27-25-18/h4-14H,1-3H3,(H,23,24)(H,25,26,27). The highest BCUT2D eigenvalue weighted by Gasteiger charge is 2.17. The Labute approximate surface area is 168 Å². The predicted octanol–water partition coefficient (Wildman–Crippen LogP) is 4.69. The van der Waals surface area contributed by atoms with Crippen LogP contribution in [0.1, 0.15) is 26.3 Å². The maximum absolute atomic E-state index is 12.0. The van der Waals surface area contributed by atoms with Crippen molar-refractivity contribution in [2.45, 2.75) is 26.2 Å². The summed E-state index contributed by atoms with van der Waals surface area (Å²) in [4.78, 5) is 18.0. The third kappa shape index (κ3) is 3.80. The van der Waals surface area contributed by atoms with E-state index in [1.54, 1.807) is 17.2 Å². The van der Waals surface area contributed by atoms with Crippen LogP contribution < -0.4 is 10.2 Å². The molecular weight excluding hydrogens is 364 g/mol. The Bertz CT molecular complexity index is 1140. The molecule has 0 aliphatic heterocycles. The van der Waals surface area contributed by atoms with Crippen LogP contribution in [0.15, 0.2) is 60.8 Å². The second kappa shape index (κ2) is 7.35. The number of hydrogen-bond acceptors (Lipinski definition) is 5. The van der Waals surface area contributed by atoms with Crippen molar-refractivity contribution in [3.8, 4) is 0 Å². The number of rotatable bonds is 5. The highest BCUT2D eigenvalue weighted by atomic mass is 16.1. The predicted molar refractivity (Wildman–Crippen MR) is 115 cm³/mol. The number of hydrogen-bond donors (Lipinski definition) is 2. The van der Waals surface area contributed by atoms with Gasteiger partial charge in [0.15, 0.2) is 5.82 Å². The zero-order valence-electron chi connectivity index (χ0n) is 16.5. The molecule has 0 unspecified atom stereocenters. The molecule has 0 saturated carbocycles. The molecule has 2 aromatic heterocycles. The average molecular weight is 386 g/mol. The molecule has 2 aromatic carbocycles. The fourth-order valence-corrected chi connectivity index (χ4v) is 3.12. The summed E-state index contributed by atoms with van der Waals surface area (Å²) in [7, 11) is 0. The Morgan fingerprint density at radius 3 is 2.48 bits per heavy atom. The summed E-state index contributed by atoms with van der Waals surface area (Å²) < 4.78 is 0. The van der Waals surface area contributed by atoms with E-state index in [-0.39, 0.29) is 5.41 Å². The Hall–Kier alpha value is -3.74. The van der Waals surface area contributed by atoms with Crippen LogP contribution in [0.4, 0.5) is 22.9 Å². The van der Waals surface area contributed by atoms with E-state index in [9.17, 15) is 4.79 Å². The number of carbonyl (C=O) groups excluding carboxylic acids is 1. The number of aromatic amines is 1. The number of amides is 1. The molecule has 0 fully saturated rings. The van der Waals surface area contributed by atoms with Crippen molar-refractivity contribution in [3.05, 3.63) is 66.4 Å². The second-order valence-electron chi connectivity index (χ2n) is 7.80. The molecule has 0 aliphatic rings. The van der Waals surface area contributed by atoms with E-state index in [1.165, 1.54) is 5.56 Å². The molecule has 0 atom stereocenters. The van der Waals surface area contributed by atoms with E-state index >= 15 is 0 Å². The molecule has 0 saturated heterocycles. The van der Waals surface area contributed by atoms with Crippen LogP contribution in [0.2, 0.25) is 0 Å². The molecule has 0 aliphatic carbocycles. The van der Waals surface area contributed by atoms with Gasteiger partial charge in [0.2, 0.25) is 6.41 Å². The monoisotopic (exact) mass is 386 g/mol. The summed E-state index contributed by atoms with van der Waals surface area (Å²) in [5.74, 6) is 0.572. The number of nitrogens with one attached hydrogen (secondary N) is 2. The fraction of sp³-hybridized carbons (Fsp3) is 0.182. The van der Waals surface area contributed by atoms with Gasteiger partial charge >= 0.3 is 0 Å². The first-order valence-electron chi connectivity index (χ1n) is 9.33. The molecule has 7 nitrogen and oxygen atoms in total. The van der Waals surface area contributed by atoms with Crippen LogP contribution in [0.3, 0.4) is 0 Å². The first-order valence-corrected chi connectivity index (χ1v) is 9.33. The van der Waals surface area contributed by atoms with E-state index in [4.69, 9.17) is 0 Å². The van der Waals surface area contributed by atoms with Crippen molar-refractivity contribution in [1.29, 1.82) is 0 Å². The van der Waals surface area contributed by atoms with E-state index in [2.05, 4.69) is 46.5 Å². The third-order valence-electron chi connectivity index (χ3n) is 4.74. The Kier molecular flexibility index (Phi) is 4.72. The van der Waals surface area contributed by atoms with Crippen molar-refractivity contribution >= 4 is 40.3 Å². The lowest BCUT2D eigenvalue weighted by atomic mass is 9.87. The van der Waals surface area contributed by atoms with Crippen LogP contribution in [0.5, 0.6) is 0 Å². The van der Waals surface area contributed by atoms with Gasteiger partial charge in [-0.3, -0.25) is 9.69 Å². The third-order valence-corrected chi connectivity index (χ3v) is 4.74. The topological polar surface area (TPSA) is 86.8 Å². The van der Waals surface area contributed by atoms with Crippen LogP contribution >= 0.6 is 0 Å². The van der Waals surface area contributed by atoms with Gasteiger partial charge in [-0.2, -0.15) is 15.4 Å². The summed E-state index contributed by atoms with van der Waals surface area (Å²) in [6.45, 7) is 6.48. The van der Waals surface area contributed by atoms with Crippen LogP contribution in [-0.4, -0.2) is 26.8 Å². The van der Waals surface area contributed by atoms with Crippen molar-refractivity contribution in [3.63, 3.8) is 0 Å². The van der Waals surface area contributed by atoms with E-state index in [0.717, 1.165) is 28.8 Å². The zero-order chi connectivity index (χ0) is 20.4. The lowest BCUT2D eigenvalue weighted by molar-refractivity contribution is -0.106. The van der Waals surface area contributed by atoms with Crippen molar-refractivity contribution in [1.82, 2.24) is 20.4 Å². The molecule has 7 heteroatoms. The quantitative estimate of drug-likeness (QED) is 0.486. The zero-order valence-corrected chi connectivity index (χ0v) is 16.5. The van der Waals surface area contributed by atoms with E-state index in [0.29, 0.717) is 11.5 Å². The molecule has 0 bridgehead atoms. The molecule has 29 heavy (non-hydrogen) atoms. The molecule has 1 amide bonds. The molecule has 4 aromatic rings. The summed E-state index contributed by atoms with van der Waals surface area (Å²) in [6, 6.07) is 17.3. The molecule has 0 radical (unpaired) electrons. The number of fused-ring (bicyclic) bond motifs is 1. The van der Waals surface area contributed by atoms with Gasteiger partial charge in [0.1, 0.15) is 11.0 Å². The molecule has 2 heterocycles. The minimum atomic E-state index is 0.0469. The molecule has 4 rings (SSSR count). The number of nitrogens with zero attached hydrogens (tertiary/aromatic N) is 4. The van der Waals surface area contributed by atoms with Crippen LogP contribution in [-0.2, 0) is 10.2 Å². The smallest absolute Gasteiger partial charge is 0.218 e. The Morgan fingerprint density at radius 2 is 1.76 bits per heavy atom. The van der Waals surface area contributed by atoms with Crippen molar-refractivity contribution < 1.29 is 4.79 Å². The molecular formula is C22H22N6O. The van der Waals surface area contributed by atoms with Gasteiger partial charge in [-0.1, -0.05) is 32.9 Å². The summed E-state index contributed by atoms with van der Waals surface area (Å²) in [5, 5.41) is 14.1. The Balaban J connectivity index is 1.67. The van der Waals surface area contributed by atoms with E-state index in [1.807, 2.05) is 48.5 Å². The SMILES string of the molecule is CC(C)(C)c1ccc(N(C=O)c2cccnc2Nc2ccc3n[nH]nc3c2)cc1. The van der Waals surface area contributed by atoms with Gasteiger partial charge in [-0.25, -0.2) is 4.98 Å². The van der Waals surface area contributed by atoms with Crippen molar-refractivity contribution in [2.75, 3.05) is 10.2 Å². The highest BCUT2D eigenvalue weighted by molar-refractivity contribution is 5.92. The van der Waals surface area contributed by atoms with Crippen molar-refractivity contribution in [2.24, 2.45) is 0 Å². The first kappa shape index (κ1) is 18.6. The van der Waals surface area contributed by atoms with E-state index < -0.39 is 0 Å². The van der Waals surface area contributed by atoms with Gasteiger partial charge in [-0.05, 0) is 53.4 Å². The molecule has 0 spiro atoms. The lowest BCUT2D eigenvalue weighted by Gasteiger charge is -2.23. The second-order valence-corrected chi connectivity index (χ2v) is 7.80. The summed E-state index contributed by atoms with van der Waals surface area (Å²) in [6.07, 6.45) is 2.49. The lowest BCUT2D eigenvalue weighted by Crippen LogP contribution is -2.17. The molecule has 146 valence electrons. The average Bonchev–Trinajstić information content (AvgIpc) is 3.17.